The Morgan fingerprint density at radius 2 is 0.765 bits per heavy atom. The van der Waals surface area contributed by atoms with Gasteiger partial charge in [-0.25, -0.2) is 28.7 Å². The Balaban J connectivity index is 0.000000134. The summed E-state index contributed by atoms with van der Waals surface area (Å²) < 4.78 is 31.7. The SMILES string of the molecule is CCN(c1cc(Br)c(-n2ccnn2)cn1)c1cc(-c2c(C)noc2C)ccc1C.CCN(c1ccc(-n2ccnn2)c(Br)c1)c1cc(-c2c(C)noc2C)cnc1C.CCN(c1ccc(-n2ccnn2)c(Br)c1)c1cc(-c2c(C)noc2C)ncc1C.Cc1ccc(-c2c(C)noc2C)cc1N(C)c1cnc(-n2ccnn2)c(Br)c1. The zero-order valence-electron chi connectivity index (χ0n) is 66.2. The maximum absolute atomic E-state index is 5.36. The van der Waals surface area contributed by atoms with Crippen LogP contribution in [0.5, 0.6) is 0 Å². The summed E-state index contributed by atoms with van der Waals surface area (Å²) in [5.74, 6) is 4.74. The Kier molecular flexibility index (Phi) is 25.1. The van der Waals surface area contributed by atoms with Gasteiger partial charge in [-0.3, -0.25) is 9.97 Å². The molecule has 12 heterocycles. The van der Waals surface area contributed by atoms with Gasteiger partial charge >= 0.3 is 0 Å². The van der Waals surface area contributed by atoms with Gasteiger partial charge in [-0.2, -0.15) is 0 Å². The lowest BCUT2D eigenvalue weighted by Gasteiger charge is -2.26. The third-order valence-corrected chi connectivity index (χ3v) is 21.9. The zero-order chi connectivity index (χ0) is 81.5. The number of aryl methyl sites for hydroxylation is 12. The van der Waals surface area contributed by atoms with Gasteiger partial charge in [0.2, 0.25) is 0 Å². The van der Waals surface area contributed by atoms with E-state index in [1.54, 1.807) is 62.1 Å². The van der Waals surface area contributed by atoms with Gasteiger partial charge in [-0.1, -0.05) is 65.7 Å². The van der Waals surface area contributed by atoms with Gasteiger partial charge in [0.25, 0.3) is 0 Å². The average molecular weight is 1800 g/mol. The van der Waals surface area contributed by atoms with E-state index in [0.29, 0.717) is 5.82 Å². The minimum Gasteiger partial charge on any atom is -0.361 e. The van der Waals surface area contributed by atoms with Crippen molar-refractivity contribution < 1.29 is 18.1 Å². The van der Waals surface area contributed by atoms with E-state index in [-0.39, 0.29) is 0 Å². The molecule has 0 spiro atoms. The summed E-state index contributed by atoms with van der Waals surface area (Å²) in [6, 6.07) is 33.4. The third-order valence-electron chi connectivity index (χ3n) is 19.4. The van der Waals surface area contributed by atoms with Crippen LogP contribution in [0.25, 0.3) is 67.5 Å². The maximum Gasteiger partial charge on any atom is 0.169 e. The van der Waals surface area contributed by atoms with E-state index in [0.717, 1.165) is 207 Å². The lowest BCUT2D eigenvalue weighted by Crippen LogP contribution is -2.19. The van der Waals surface area contributed by atoms with E-state index in [1.807, 2.05) is 125 Å². The number of rotatable bonds is 19. The monoisotopic (exact) mass is 1790 g/mol. The lowest BCUT2D eigenvalue weighted by atomic mass is 10.0. The standard InChI is InChI=1S/3C21H21BrN6O.C20H19BrN6O/c1-5-27(17-6-7-19(18(22)11-17)28-9-8-24-26-28)20-10-16(12-23-13(20)2)21-14(3)25-29-15(21)4;1-5-27(16-6-7-19(17(22)10-16)28-9-8-24-26-28)20-11-18(23-12-13(20)2)21-14(3)25-29-15(21)4;1-5-27(20-11-17(22)19(12-23-20)28-9-8-24-26-28)18-10-16(7-6-13(18)2)21-14(3)25-29-15(21)4;1-12-5-6-15(19-13(2)24-28-14(19)3)9-18(12)26(4)16-10-17(21)20(22-11-16)27-8-7-23-25-27/h3*6-12H,5H2,1-4H3;5-11H,1-4H3. The number of pyridine rings is 4. The molecule has 0 saturated carbocycles. The van der Waals surface area contributed by atoms with Crippen molar-refractivity contribution in [1.82, 2.24) is 101 Å². The molecule has 4 aromatic carbocycles. The molecule has 32 heteroatoms. The topological polar surface area (TPSA) is 291 Å². The highest BCUT2D eigenvalue weighted by Gasteiger charge is 2.24. The van der Waals surface area contributed by atoms with E-state index < -0.39 is 0 Å². The second kappa shape index (κ2) is 35.6. The summed E-state index contributed by atoms with van der Waals surface area (Å²) in [5, 5.41) is 47.9. The Hall–Kier alpha value is -12.0. The number of aromatic nitrogens is 20. The lowest BCUT2D eigenvalue weighted by molar-refractivity contribution is 0.393. The molecule has 28 nitrogen and oxygen atoms in total. The molecule has 0 amide bonds. The van der Waals surface area contributed by atoms with Gasteiger partial charge in [-0.15, -0.1) is 20.4 Å². The maximum atomic E-state index is 5.36. The fourth-order valence-corrected chi connectivity index (χ4v) is 15.8. The summed E-state index contributed by atoms with van der Waals surface area (Å²) >= 11 is 14.6. The first-order valence-electron chi connectivity index (χ1n) is 36.7. The Labute approximate surface area is 698 Å². The van der Waals surface area contributed by atoms with Crippen molar-refractivity contribution in [3.05, 3.63) is 258 Å². The largest absolute Gasteiger partial charge is 0.361 e. The number of halogens is 4. The first-order chi connectivity index (χ1) is 55.4. The molecule has 0 saturated heterocycles. The Morgan fingerprint density at radius 1 is 0.339 bits per heavy atom. The van der Waals surface area contributed by atoms with Crippen LogP contribution in [0.3, 0.4) is 0 Å². The van der Waals surface area contributed by atoms with Crippen molar-refractivity contribution in [1.29, 1.82) is 0 Å². The molecule has 0 aliphatic rings. The number of anilines is 8. The van der Waals surface area contributed by atoms with Crippen molar-refractivity contribution in [2.45, 2.75) is 104 Å². The van der Waals surface area contributed by atoms with E-state index in [9.17, 15) is 0 Å². The molecular weight excluding hydrogens is 1720 g/mol. The van der Waals surface area contributed by atoms with E-state index in [2.05, 4.69) is 279 Å². The minimum absolute atomic E-state index is 0.691. The molecule has 12 aromatic heterocycles. The average Bonchev–Trinajstić information content (AvgIpc) is 1.78. The van der Waals surface area contributed by atoms with Gasteiger partial charge in [0, 0.05) is 103 Å². The zero-order valence-corrected chi connectivity index (χ0v) is 72.5. The summed E-state index contributed by atoms with van der Waals surface area (Å²) in [6.07, 6.45) is 21.2. The smallest absolute Gasteiger partial charge is 0.169 e. The summed E-state index contributed by atoms with van der Waals surface area (Å²) in [7, 11) is 2.03. The molecule has 0 N–H and O–H groups in total. The van der Waals surface area contributed by atoms with Gasteiger partial charge in [-0.05, 0) is 268 Å². The van der Waals surface area contributed by atoms with E-state index >= 15 is 0 Å². The molecule has 0 unspecified atom stereocenters. The molecule has 16 aromatic rings. The van der Waals surface area contributed by atoms with Crippen molar-refractivity contribution in [2.24, 2.45) is 0 Å². The summed E-state index contributed by atoms with van der Waals surface area (Å²) in [6.45, 7) is 32.5. The minimum atomic E-state index is 0.691. The van der Waals surface area contributed by atoms with Crippen molar-refractivity contribution in [3.63, 3.8) is 0 Å². The van der Waals surface area contributed by atoms with E-state index in [4.69, 9.17) is 18.1 Å². The summed E-state index contributed by atoms with van der Waals surface area (Å²) in [4.78, 5) is 27.3. The molecule has 0 bridgehead atoms. The number of benzene rings is 4. The molecule has 0 atom stereocenters. The van der Waals surface area contributed by atoms with Crippen molar-refractivity contribution >= 4 is 109 Å². The molecule has 0 radical (unpaired) electrons. The molecular formula is C83H82Br4N24O4. The molecule has 0 fully saturated rings. The van der Waals surface area contributed by atoms with Crippen LogP contribution in [0.1, 0.15) is 89.0 Å². The quantitative estimate of drug-likeness (QED) is 0.0726. The number of hydrogen-bond acceptors (Lipinski definition) is 24. The van der Waals surface area contributed by atoms with Crippen LogP contribution in [0.15, 0.2) is 207 Å². The van der Waals surface area contributed by atoms with Crippen LogP contribution in [0.2, 0.25) is 0 Å². The van der Waals surface area contributed by atoms with Gasteiger partial charge in [0.1, 0.15) is 28.9 Å². The molecule has 586 valence electrons. The highest BCUT2D eigenvalue weighted by atomic mass is 79.9. The Bertz CT molecular complexity index is 5540. The number of hydrogen-bond donors (Lipinski definition) is 0. The molecule has 0 aliphatic carbocycles. The molecule has 115 heavy (non-hydrogen) atoms. The van der Waals surface area contributed by atoms with Crippen LogP contribution in [0.4, 0.5) is 45.6 Å². The van der Waals surface area contributed by atoms with Crippen LogP contribution < -0.4 is 19.6 Å². The fourth-order valence-electron chi connectivity index (χ4n) is 13.7. The third kappa shape index (κ3) is 17.4. The van der Waals surface area contributed by atoms with Crippen LogP contribution in [0, 0.1) is 83.1 Å². The van der Waals surface area contributed by atoms with Gasteiger partial charge in [0.15, 0.2) is 5.82 Å². The van der Waals surface area contributed by atoms with Crippen LogP contribution >= 0.6 is 63.7 Å². The van der Waals surface area contributed by atoms with Crippen LogP contribution in [-0.2, 0) is 0 Å². The summed E-state index contributed by atoms with van der Waals surface area (Å²) in [5.41, 5.74) is 26.0. The second-order valence-electron chi connectivity index (χ2n) is 26.9. The predicted octanol–water partition coefficient (Wildman–Crippen LogP) is 20.3. The first kappa shape index (κ1) is 81.0. The van der Waals surface area contributed by atoms with Gasteiger partial charge < -0.3 is 37.7 Å². The normalized spacial score (nSPS) is 11.1. The van der Waals surface area contributed by atoms with E-state index in [1.165, 1.54) is 5.56 Å². The predicted molar refractivity (Wildman–Crippen MR) is 458 cm³/mol. The second-order valence-corrected chi connectivity index (χ2v) is 30.3. The van der Waals surface area contributed by atoms with Crippen molar-refractivity contribution in [3.8, 4) is 67.5 Å². The van der Waals surface area contributed by atoms with Crippen LogP contribution in [-0.4, -0.2) is 127 Å². The highest BCUT2D eigenvalue weighted by Crippen LogP contribution is 2.42. The Morgan fingerprint density at radius 3 is 1.22 bits per heavy atom. The first-order valence-corrected chi connectivity index (χ1v) is 39.9. The molecule has 16 rings (SSSR count). The van der Waals surface area contributed by atoms with Crippen molar-refractivity contribution in [2.75, 3.05) is 46.3 Å². The molecule has 0 aliphatic heterocycles. The highest BCUT2D eigenvalue weighted by molar-refractivity contribution is 9.11. The van der Waals surface area contributed by atoms with Gasteiger partial charge in [0.05, 0.1) is 135 Å². The fraction of sp³-hybridized carbons (Fsp3) is 0.229. The number of nitrogens with zero attached hydrogens (tertiary/aromatic N) is 24.